The van der Waals surface area contributed by atoms with Crippen molar-refractivity contribution in [1.82, 2.24) is 4.90 Å². The third-order valence-corrected chi connectivity index (χ3v) is 5.53. The fourth-order valence-corrected chi connectivity index (χ4v) is 3.61. The normalized spacial score (nSPS) is 27.9. The molecule has 2 heterocycles. The highest BCUT2D eigenvalue weighted by molar-refractivity contribution is 5.97. The van der Waals surface area contributed by atoms with Gasteiger partial charge in [-0.25, -0.2) is 9.69 Å². The zero-order chi connectivity index (χ0) is 19.8. The van der Waals surface area contributed by atoms with Gasteiger partial charge in [-0.15, -0.1) is 0 Å². The number of carbonyl (C=O) groups excluding carboxylic acids is 2. The van der Waals surface area contributed by atoms with Crippen molar-refractivity contribution in [2.24, 2.45) is 5.41 Å². The van der Waals surface area contributed by atoms with Crippen LogP contribution in [0.5, 0.6) is 0 Å². The average Bonchev–Trinajstić information content (AvgIpc) is 3.22. The first-order valence-corrected chi connectivity index (χ1v) is 9.25. The maximum absolute atomic E-state index is 13.4. The smallest absolute Gasteiger partial charge is 0.417 e. The van der Waals surface area contributed by atoms with Crippen LogP contribution in [0.2, 0.25) is 0 Å². The van der Waals surface area contributed by atoms with Gasteiger partial charge in [-0.05, 0) is 32.8 Å². The van der Waals surface area contributed by atoms with E-state index in [1.807, 2.05) is 30.3 Å². The molecule has 0 saturated carbocycles. The summed E-state index contributed by atoms with van der Waals surface area (Å²) in [5.41, 5.74) is -0.406. The molecule has 7 heteroatoms. The van der Waals surface area contributed by atoms with Crippen LogP contribution in [0.25, 0.3) is 0 Å². The van der Waals surface area contributed by atoms with E-state index in [-0.39, 0.29) is 13.2 Å². The third kappa shape index (κ3) is 3.59. The topological polar surface area (TPSA) is 85.3 Å². The molecule has 2 aliphatic rings. The molecular weight excluding hydrogens is 350 g/mol. The first kappa shape index (κ1) is 19.8. The molecule has 0 radical (unpaired) electrons. The molecule has 0 aliphatic carbocycles. The van der Waals surface area contributed by atoms with Crippen LogP contribution in [0.1, 0.15) is 45.7 Å². The van der Waals surface area contributed by atoms with Gasteiger partial charge in [0.05, 0.1) is 18.1 Å². The Bertz CT molecular complexity index is 706. The minimum Gasteiger partial charge on any atom is -0.446 e. The number of hydrogen-bond acceptors (Lipinski definition) is 6. The van der Waals surface area contributed by atoms with Crippen molar-refractivity contribution >= 4 is 12.0 Å². The minimum absolute atomic E-state index is 0.0978. The van der Waals surface area contributed by atoms with E-state index in [0.717, 1.165) is 10.5 Å². The van der Waals surface area contributed by atoms with Gasteiger partial charge in [0.2, 0.25) is 5.91 Å². The number of hydrogen-bond donors (Lipinski definition) is 1. The Hall–Kier alpha value is -1.96. The second kappa shape index (κ2) is 7.22. The van der Waals surface area contributed by atoms with Crippen LogP contribution in [0.4, 0.5) is 4.79 Å². The first-order valence-electron chi connectivity index (χ1n) is 9.25. The number of rotatable bonds is 5. The highest BCUT2D eigenvalue weighted by Gasteiger charge is 2.53. The Morgan fingerprint density at radius 3 is 2.56 bits per heavy atom. The van der Waals surface area contributed by atoms with E-state index in [2.05, 4.69) is 0 Å². The number of aliphatic hydroxyl groups excluding tert-OH is 1. The van der Waals surface area contributed by atoms with E-state index in [9.17, 15) is 14.7 Å². The average molecular weight is 377 g/mol. The van der Waals surface area contributed by atoms with Gasteiger partial charge >= 0.3 is 6.09 Å². The highest BCUT2D eigenvalue weighted by atomic mass is 16.7. The van der Waals surface area contributed by atoms with Gasteiger partial charge in [0.15, 0.2) is 5.79 Å². The van der Waals surface area contributed by atoms with E-state index >= 15 is 0 Å². The number of aliphatic hydroxyl groups is 1. The third-order valence-electron chi connectivity index (χ3n) is 5.53. The largest absolute Gasteiger partial charge is 0.446 e. The molecule has 0 aromatic heterocycles. The lowest BCUT2D eigenvalue weighted by Crippen LogP contribution is -2.54. The lowest BCUT2D eigenvalue weighted by Gasteiger charge is -2.37. The Morgan fingerprint density at radius 2 is 2.00 bits per heavy atom. The monoisotopic (exact) mass is 377 g/mol. The summed E-state index contributed by atoms with van der Waals surface area (Å²) >= 11 is 0. The van der Waals surface area contributed by atoms with E-state index < -0.39 is 41.5 Å². The zero-order valence-electron chi connectivity index (χ0n) is 16.2. The van der Waals surface area contributed by atoms with Crippen LogP contribution in [0.3, 0.4) is 0 Å². The van der Waals surface area contributed by atoms with Crippen molar-refractivity contribution in [1.29, 1.82) is 0 Å². The van der Waals surface area contributed by atoms with E-state index in [1.54, 1.807) is 27.7 Å². The predicted octanol–water partition coefficient (Wildman–Crippen LogP) is 2.64. The zero-order valence-corrected chi connectivity index (χ0v) is 16.2. The summed E-state index contributed by atoms with van der Waals surface area (Å²) in [6.45, 7) is 7.26. The first-order chi connectivity index (χ1) is 12.7. The Morgan fingerprint density at radius 1 is 1.33 bits per heavy atom. The lowest BCUT2D eigenvalue weighted by molar-refractivity contribution is -0.172. The molecule has 148 valence electrons. The number of ether oxygens (including phenoxy) is 3. The molecule has 0 bridgehead atoms. The SMILES string of the molecule is CC[C@](C)(C(=O)N1C(=O)OC[C@H]1c1ccccc1)[C@H](O)[C@H]1COC(C)(C)O1. The van der Waals surface area contributed by atoms with Gasteiger partial charge in [-0.1, -0.05) is 37.3 Å². The molecule has 0 spiro atoms. The van der Waals surface area contributed by atoms with Crippen LogP contribution >= 0.6 is 0 Å². The molecule has 2 fully saturated rings. The fraction of sp³-hybridized carbons (Fsp3) is 0.600. The number of cyclic esters (lactones) is 1. The minimum atomic E-state index is -1.22. The summed E-state index contributed by atoms with van der Waals surface area (Å²) in [6, 6.07) is 8.75. The molecule has 3 rings (SSSR count). The van der Waals surface area contributed by atoms with E-state index in [4.69, 9.17) is 14.2 Å². The van der Waals surface area contributed by atoms with Gasteiger partial charge < -0.3 is 19.3 Å². The Balaban J connectivity index is 1.87. The number of nitrogens with zero attached hydrogens (tertiary/aromatic N) is 1. The summed E-state index contributed by atoms with van der Waals surface area (Å²) in [5.74, 6) is -1.29. The number of amides is 2. The summed E-state index contributed by atoms with van der Waals surface area (Å²) in [5, 5.41) is 11.0. The molecule has 1 aromatic rings. The van der Waals surface area contributed by atoms with Gasteiger partial charge in [0.1, 0.15) is 18.8 Å². The number of imide groups is 1. The Labute approximate surface area is 159 Å². The summed E-state index contributed by atoms with van der Waals surface area (Å²) < 4.78 is 16.4. The van der Waals surface area contributed by atoms with Crippen molar-refractivity contribution in [3.05, 3.63) is 35.9 Å². The van der Waals surface area contributed by atoms with Crippen molar-refractivity contribution in [2.75, 3.05) is 13.2 Å². The lowest BCUT2D eigenvalue weighted by atomic mass is 9.77. The molecule has 1 aromatic carbocycles. The van der Waals surface area contributed by atoms with Crippen LogP contribution in [0, 0.1) is 5.41 Å². The van der Waals surface area contributed by atoms with Crippen molar-refractivity contribution in [3.8, 4) is 0 Å². The van der Waals surface area contributed by atoms with Crippen molar-refractivity contribution in [2.45, 2.75) is 58.2 Å². The number of benzene rings is 1. The molecule has 4 atom stereocenters. The molecule has 7 nitrogen and oxygen atoms in total. The van der Waals surface area contributed by atoms with Crippen LogP contribution in [-0.2, 0) is 19.0 Å². The van der Waals surface area contributed by atoms with Crippen molar-refractivity contribution in [3.63, 3.8) is 0 Å². The molecule has 2 saturated heterocycles. The quantitative estimate of drug-likeness (QED) is 0.849. The van der Waals surface area contributed by atoms with Crippen LogP contribution < -0.4 is 0 Å². The van der Waals surface area contributed by atoms with Crippen LogP contribution in [-0.4, -0.2) is 53.2 Å². The maximum atomic E-state index is 13.4. The molecule has 1 N–H and O–H groups in total. The number of carbonyl (C=O) groups is 2. The molecular formula is C20H27NO6. The second-order valence-corrected chi connectivity index (χ2v) is 7.76. The van der Waals surface area contributed by atoms with Gasteiger partial charge in [0.25, 0.3) is 0 Å². The Kier molecular flexibility index (Phi) is 5.29. The highest BCUT2D eigenvalue weighted by Crippen LogP contribution is 2.39. The summed E-state index contributed by atoms with van der Waals surface area (Å²) in [7, 11) is 0. The van der Waals surface area contributed by atoms with E-state index in [0.29, 0.717) is 6.42 Å². The van der Waals surface area contributed by atoms with E-state index in [1.165, 1.54) is 0 Å². The summed E-state index contributed by atoms with van der Waals surface area (Å²) in [4.78, 5) is 26.9. The molecule has 0 unspecified atom stereocenters. The second-order valence-electron chi connectivity index (χ2n) is 7.76. The van der Waals surface area contributed by atoms with Gasteiger partial charge in [-0.3, -0.25) is 4.79 Å². The molecule has 27 heavy (non-hydrogen) atoms. The van der Waals surface area contributed by atoms with Crippen molar-refractivity contribution < 1.29 is 28.9 Å². The van der Waals surface area contributed by atoms with Gasteiger partial charge in [-0.2, -0.15) is 0 Å². The fourth-order valence-electron chi connectivity index (χ4n) is 3.61. The standard InChI is InChI=1S/C20H27NO6/c1-5-20(4,16(22)15-12-26-19(2,3)27-15)17(23)21-14(11-25-18(21)24)13-9-7-6-8-10-13/h6-10,14-16,22H,5,11-12H2,1-4H3/t14-,15+,16+,20-/m0/s1. The maximum Gasteiger partial charge on any atom is 0.417 e. The molecule has 2 aliphatic heterocycles. The molecule has 2 amide bonds. The van der Waals surface area contributed by atoms with Gasteiger partial charge in [0, 0.05) is 0 Å². The van der Waals surface area contributed by atoms with Crippen LogP contribution in [0.15, 0.2) is 30.3 Å². The summed E-state index contributed by atoms with van der Waals surface area (Å²) in [6.07, 6.45) is -2.13. The predicted molar refractivity (Wildman–Crippen MR) is 96.7 cm³/mol.